The minimum Gasteiger partial charge on any atom is -0.345 e. The van der Waals surface area contributed by atoms with Gasteiger partial charge in [-0.2, -0.15) is 0 Å². The van der Waals surface area contributed by atoms with Crippen LogP contribution in [0, 0.1) is 11.3 Å². The van der Waals surface area contributed by atoms with Crippen LogP contribution in [0.15, 0.2) is 0 Å². The third kappa shape index (κ3) is 7.49. The molecular formula is C17H36N2O2. The number of hydrogen-bond donors (Lipinski definition) is 0. The topological polar surface area (TPSA) is 40.6 Å². The molecular weight excluding hydrogens is 264 g/mol. The van der Waals surface area contributed by atoms with Gasteiger partial charge >= 0.3 is 0 Å². The van der Waals surface area contributed by atoms with Gasteiger partial charge in [0, 0.05) is 39.0 Å². The Labute approximate surface area is 131 Å². The predicted molar refractivity (Wildman–Crippen MR) is 90.1 cm³/mol. The molecule has 2 aliphatic heterocycles. The van der Waals surface area contributed by atoms with Gasteiger partial charge in [0.05, 0.1) is 0 Å². The highest BCUT2D eigenvalue weighted by atomic mass is 16.2. The van der Waals surface area contributed by atoms with Crippen LogP contribution in [0.25, 0.3) is 0 Å². The van der Waals surface area contributed by atoms with Crippen molar-refractivity contribution in [1.82, 2.24) is 9.80 Å². The molecule has 21 heavy (non-hydrogen) atoms. The zero-order valence-electron chi connectivity index (χ0n) is 15.6. The zero-order chi connectivity index (χ0) is 17.2. The average molecular weight is 300 g/mol. The van der Waals surface area contributed by atoms with Crippen molar-refractivity contribution in [3.63, 3.8) is 0 Å². The van der Waals surface area contributed by atoms with Gasteiger partial charge in [-0.25, -0.2) is 0 Å². The second-order valence-electron chi connectivity index (χ2n) is 5.94. The lowest BCUT2D eigenvalue weighted by molar-refractivity contribution is -0.133. The minimum atomic E-state index is -0.0885. The molecule has 1 unspecified atom stereocenters. The fourth-order valence-electron chi connectivity index (χ4n) is 2.26. The van der Waals surface area contributed by atoms with Gasteiger partial charge in [-0.05, 0) is 12.3 Å². The first-order valence-corrected chi connectivity index (χ1v) is 8.23. The lowest BCUT2D eigenvalue weighted by atomic mass is 9.92. The van der Waals surface area contributed by atoms with Crippen LogP contribution in [0.4, 0.5) is 0 Å². The molecule has 2 amide bonds. The molecule has 2 aliphatic rings. The molecule has 4 nitrogen and oxygen atoms in total. The highest BCUT2D eigenvalue weighted by Gasteiger charge is 2.36. The number of likely N-dealkylation sites (tertiary alicyclic amines) is 2. The van der Waals surface area contributed by atoms with Crippen molar-refractivity contribution in [3.8, 4) is 0 Å². The summed E-state index contributed by atoms with van der Waals surface area (Å²) in [6.45, 7) is 16.0. The number of carbonyl (C=O) groups is 2. The van der Waals surface area contributed by atoms with Crippen LogP contribution in [0.2, 0.25) is 0 Å². The van der Waals surface area contributed by atoms with Gasteiger partial charge < -0.3 is 9.80 Å². The molecule has 1 atom stereocenters. The number of nitrogens with zero attached hydrogens (tertiary/aromatic N) is 2. The third-order valence-electron chi connectivity index (χ3n) is 3.53. The molecule has 0 N–H and O–H groups in total. The summed E-state index contributed by atoms with van der Waals surface area (Å²) in [6, 6.07) is 0. The van der Waals surface area contributed by atoms with E-state index < -0.39 is 0 Å². The van der Waals surface area contributed by atoms with E-state index in [2.05, 4.69) is 6.92 Å². The highest BCUT2D eigenvalue weighted by molar-refractivity contribution is 5.83. The van der Waals surface area contributed by atoms with E-state index in [9.17, 15) is 9.59 Å². The third-order valence-corrected chi connectivity index (χ3v) is 3.53. The number of carbonyl (C=O) groups excluding carboxylic acids is 2. The fourth-order valence-corrected chi connectivity index (χ4v) is 2.26. The second-order valence-corrected chi connectivity index (χ2v) is 5.94. The quantitative estimate of drug-likeness (QED) is 0.688. The van der Waals surface area contributed by atoms with Gasteiger partial charge in [0.1, 0.15) is 0 Å². The lowest BCUT2D eigenvalue weighted by Gasteiger charge is -2.14. The van der Waals surface area contributed by atoms with E-state index in [1.165, 1.54) is 0 Å². The van der Waals surface area contributed by atoms with Gasteiger partial charge in [0.2, 0.25) is 11.8 Å². The van der Waals surface area contributed by atoms with Crippen LogP contribution in [-0.4, -0.2) is 48.8 Å². The summed E-state index contributed by atoms with van der Waals surface area (Å²) >= 11 is 0. The first-order chi connectivity index (χ1) is 9.74. The van der Waals surface area contributed by atoms with E-state index in [0.29, 0.717) is 5.92 Å². The van der Waals surface area contributed by atoms with Crippen LogP contribution >= 0.6 is 0 Å². The van der Waals surface area contributed by atoms with Gasteiger partial charge in [0.15, 0.2) is 0 Å². The van der Waals surface area contributed by atoms with Gasteiger partial charge in [0.25, 0.3) is 0 Å². The van der Waals surface area contributed by atoms with Crippen molar-refractivity contribution < 1.29 is 9.59 Å². The Morgan fingerprint density at radius 1 is 1.00 bits per heavy atom. The summed E-state index contributed by atoms with van der Waals surface area (Å²) in [5.74, 6) is 1.15. The zero-order valence-corrected chi connectivity index (χ0v) is 15.6. The van der Waals surface area contributed by atoms with E-state index in [1.54, 1.807) is 9.80 Å². The summed E-state index contributed by atoms with van der Waals surface area (Å²) in [4.78, 5) is 25.4. The van der Waals surface area contributed by atoms with Crippen LogP contribution in [-0.2, 0) is 9.59 Å². The van der Waals surface area contributed by atoms with Crippen LogP contribution < -0.4 is 0 Å². The number of hydrogen-bond acceptors (Lipinski definition) is 2. The van der Waals surface area contributed by atoms with E-state index in [-0.39, 0.29) is 17.2 Å². The largest absolute Gasteiger partial charge is 0.345 e. The molecule has 4 heteroatoms. The molecule has 0 bridgehead atoms. The van der Waals surface area contributed by atoms with E-state index in [4.69, 9.17) is 0 Å². The fraction of sp³-hybridized carbons (Fsp3) is 0.882. The van der Waals surface area contributed by atoms with Gasteiger partial charge in [-0.15, -0.1) is 0 Å². The molecule has 0 aromatic carbocycles. The Bertz CT molecular complexity index is 314. The van der Waals surface area contributed by atoms with Gasteiger partial charge in [-0.3, -0.25) is 9.59 Å². The number of rotatable bonds is 0. The summed E-state index contributed by atoms with van der Waals surface area (Å²) in [7, 11) is 3.71. The van der Waals surface area contributed by atoms with Crippen molar-refractivity contribution >= 4 is 11.8 Å². The van der Waals surface area contributed by atoms with E-state index >= 15 is 0 Å². The first kappa shape index (κ1) is 22.2. The Balaban J connectivity index is 0. The maximum atomic E-state index is 11.2. The molecule has 2 fully saturated rings. The van der Waals surface area contributed by atoms with Crippen LogP contribution in [0.1, 0.15) is 61.3 Å². The predicted octanol–water partition coefficient (Wildman–Crippen LogP) is 3.41. The van der Waals surface area contributed by atoms with Crippen molar-refractivity contribution in [1.29, 1.82) is 0 Å². The standard InChI is InChI=1S/C7H13NO.C6H11NO.2C2H6/c1-7(2)4-5-8(3)6(7)9;1-5-3-6(8)7(2)4-5;2*1-2/h4-5H2,1-3H3;5H,3-4H2,1-2H3;2*1-2H3. The Hall–Kier alpha value is -1.06. The average Bonchev–Trinajstić information content (AvgIpc) is 2.88. The van der Waals surface area contributed by atoms with Crippen LogP contribution in [0.5, 0.6) is 0 Å². The molecule has 0 saturated carbocycles. The maximum absolute atomic E-state index is 11.2. The van der Waals surface area contributed by atoms with Crippen molar-refractivity contribution in [2.45, 2.75) is 61.3 Å². The Kier molecular flexibility index (Phi) is 11.3. The van der Waals surface area contributed by atoms with E-state index in [0.717, 1.165) is 25.9 Å². The molecule has 2 heterocycles. The summed E-state index contributed by atoms with van der Waals surface area (Å²) in [5, 5.41) is 0. The molecule has 0 aromatic rings. The Morgan fingerprint density at radius 3 is 1.57 bits per heavy atom. The molecule has 126 valence electrons. The summed E-state index contributed by atoms with van der Waals surface area (Å²) < 4.78 is 0. The smallest absolute Gasteiger partial charge is 0.228 e. The molecule has 0 aliphatic carbocycles. The molecule has 2 saturated heterocycles. The molecule has 0 radical (unpaired) electrons. The molecule has 2 rings (SSSR count). The first-order valence-electron chi connectivity index (χ1n) is 8.23. The minimum absolute atomic E-state index is 0.0885. The summed E-state index contributed by atoms with van der Waals surface area (Å²) in [6.07, 6.45) is 1.75. The monoisotopic (exact) mass is 300 g/mol. The lowest BCUT2D eigenvalue weighted by Crippen LogP contribution is -2.27. The normalized spacial score (nSPS) is 22.6. The van der Waals surface area contributed by atoms with Gasteiger partial charge in [-0.1, -0.05) is 48.5 Å². The van der Waals surface area contributed by atoms with Crippen LogP contribution in [0.3, 0.4) is 0 Å². The van der Waals surface area contributed by atoms with E-state index in [1.807, 2.05) is 55.6 Å². The highest BCUT2D eigenvalue weighted by Crippen LogP contribution is 2.28. The second kappa shape index (κ2) is 10.6. The van der Waals surface area contributed by atoms with Crippen molar-refractivity contribution in [2.75, 3.05) is 27.2 Å². The maximum Gasteiger partial charge on any atom is 0.228 e. The molecule has 0 aromatic heterocycles. The summed E-state index contributed by atoms with van der Waals surface area (Å²) in [5.41, 5.74) is -0.0885. The molecule has 0 spiro atoms. The Morgan fingerprint density at radius 2 is 1.48 bits per heavy atom. The van der Waals surface area contributed by atoms with Crippen molar-refractivity contribution in [2.24, 2.45) is 11.3 Å². The SMILES string of the molecule is CC.CC.CC1CC(=O)N(C)C1.CN1CCC(C)(C)C1=O. The van der Waals surface area contributed by atoms with Crippen molar-refractivity contribution in [3.05, 3.63) is 0 Å². The number of amides is 2.